The van der Waals surface area contributed by atoms with Crippen LogP contribution in [0.4, 0.5) is 0 Å². The average molecular weight is 275 g/mol. The Labute approximate surface area is 123 Å². The average Bonchev–Trinajstić information content (AvgIpc) is 2.46. The summed E-state index contributed by atoms with van der Waals surface area (Å²) in [4.78, 5) is 0. The van der Waals surface area contributed by atoms with Crippen LogP contribution >= 0.6 is 0 Å². The predicted octanol–water partition coefficient (Wildman–Crippen LogP) is 4.00. The van der Waals surface area contributed by atoms with Gasteiger partial charge >= 0.3 is 0 Å². The van der Waals surface area contributed by atoms with Gasteiger partial charge in [0, 0.05) is 6.04 Å². The number of hydrogen-bond acceptors (Lipinski definition) is 2. The molecule has 0 heterocycles. The second-order valence-corrected chi connectivity index (χ2v) is 6.87. The maximum Gasteiger partial charge on any atom is 0.119 e. The van der Waals surface area contributed by atoms with Crippen molar-refractivity contribution in [2.24, 2.45) is 11.8 Å². The predicted molar refractivity (Wildman–Crippen MR) is 85.4 cm³/mol. The Hall–Kier alpha value is -1.02. The lowest BCUT2D eigenvalue weighted by atomic mass is 9.63. The van der Waals surface area contributed by atoms with Gasteiger partial charge in [0.15, 0.2) is 0 Å². The fraction of sp³-hybridized carbons (Fsp3) is 0.667. The molecule has 0 aromatic heterocycles. The van der Waals surface area contributed by atoms with Gasteiger partial charge < -0.3 is 10.1 Å². The van der Waals surface area contributed by atoms with Crippen molar-refractivity contribution in [1.82, 2.24) is 5.32 Å². The summed E-state index contributed by atoms with van der Waals surface area (Å²) in [5.74, 6) is 2.47. The molecular weight excluding hydrogens is 246 g/mol. The van der Waals surface area contributed by atoms with E-state index >= 15 is 0 Å². The summed E-state index contributed by atoms with van der Waals surface area (Å²) in [7, 11) is 3.85. The topological polar surface area (TPSA) is 21.3 Å². The first-order valence-electron chi connectivity index (χ1n) is 7.80. The number of nitrogens with one attached hydrogen (secondary N) is 1. The second kappa shape index (κ2) is 6.17. The number of methoxy groups -OCH3 is 1. The molecule has 0 saturated heterocycles. The Morgan fingerprint density at radius 2 is 2.00 bits per heavy atom. The highest BCUT2D eigenvalue weighted by molar-refractivity contribution is 5.34. The van der Waals surface area contributed by atoms with Gasteiger partial charge in [0.25, 0.3) is 0 Å². The Balaban J connectivity index is 2.27. The van der Waals surface area contributed by atoms with Crippen molar-refractivity contribution in [3.63, 3.8) is 0 Å². The van der Waals surface area contributed by atoms with Crippen molar-refractivity contribution in [2.75, 3.05) is 14.2 Å². The molecule has 2 rings (SSSR count). The van der Waals surface area contributed by atoms with E-state index in [1.165, 1.54) is 24.8 Å². The third-order valence-corrected chi connectivity index (χ3v) is 5.22. The van der Waals surface area contributed by atoms with Crippen molar-refractivity contribution in [2.45, 2.75) is 51.5 Å². The summed E-state index contributed by atoms with van der Waals surface area (Å²) >= 11 is 0. The van der Waals surface area contributed by atoms with E-state index in [-0.39, 0.29) is 5.41 Å². The van der Waals surface area contributed by atoms with Crippen LogP contribution in [0, 0.1) is 11.8 Å². The molecule has 1 aromatic carbocycles. The molecule has 1 saturated carbocycles. The lowest BCUT2D eigenvalue weighted by Gasteiger charge is -2.44. The molecule has 1 aliphatic carbocycles. The summed E-state index contributed by atoms with van der Waals surface area (Å²) in [5, 5.41) is 3.56. The van der Waals surface area contributed by atoms with Gasteiger partial charge in [-0.15, -0.1) is 0 Å². The minimum Gasteiger partial charge on any atom is -0.497 e. The fourth-order valence-corrected chi connectivity index (χ4v) is 3.80. The molecule has 0 amide bonds. The minimum absolute atomic E-state index is 0.169. The van der Waals surface area contributed by atoms with Gasteiger partial charge in [-0.25, -0.2) is 0 Å². The summed E-state index contributed by atoms with van der Waals surface area (Å²) in [6.45, 7) is 7.14. The van der Waals surface area contributed by atoms with Crippen LogP contribution in [-0.2, 0) is 5.41 Å². The van der Waals surface area contributed by atoms with E-state index in [0.29, 0.717) is 12.0 Å². The molecule has 1 fully saturated rings. The van der Waals surface area contributed by atoms with E-state index in [9.17, 15) is 0 Å². The van der Waals surface area contributed by atoms with Crippen molar-refractivity contribution in [1.29, 1.82) is 0 Å². The van der Waals surface area contributed by atoms with Crippen molar-refractivity contribution in [3.05, 3.63) is 29.8 Å². The number of hydrogen-bond donors (Lipinski definition) is 1. The molecule has 3 atom stereocenters. The first-order valence-corrected chi connectivity index (χ1v) is 7.80. The summed E-state index contributed by atoms with van der Waals surface area (Å²) < 4.78 is 5.39. The number of ether oxygens (including phenoxy) is 1. The molecule has 112 valence electrons. The zero-order valence-electron chi connectivity index (χ0n) is 13.6. The summed E-state index contributed by atoms with van der Waals surface area (Å²) in [6, 6.07) is 9.19. The van der Waals surface area contributed by atoms with Crippen LogP contribution in [-0.4, -0.2) is 20.2 Å². The third-order valence-electron chi connectivity index (χ3n) is 5.22. The van der Waals surface area contributed by atoms with Gasteiger partial charge in [0.1, 0.15) is 5.75 Å². The molecule has 0 bridgehead atoms. The van der Waals surface area contributed by atoms with Gasteiger partial charge in [-0.2, -0.15) is 0 Å². The van der Waals surface area contributed by atoms with Crippen molar-refractivity contribution >= 4 is 0 Å². The molecule has 20 heavy (non-hydrogen) atoms. The monoisotopic (exact) mass is 275 g/mol. The zero-order chi connectivity index (χ0) is 14.8. The van der Waals surface area contributed by atoms with Gasteiger partial charge in [-0.05, 0) is 54.8 Å². The van der Waals surface area contributed by atoms with E-state index in [1.54, 1.807) is 7.11 Å². The van der Waals surface area contributed by atoms with Gasteiger partial charge in [-0.3, -0.25) is 0 Å². The van der Waals surface area contributed by atoms with Gasteiger partial charge in [0.2, 0.25) is 0 Å². The van der Waals surface area contributed by atoms with Gasteiger partial charge in [-0.1, -0.05) is 39.3 Å². The molecule has 3 unspecified atom stereocenters. The van der Waals surface area contributed by atoms with Gasteiger partial charge in [0.05, 0.1) is 7.11 Å². The Bertz CT molecular complexity index is 441. The van der Waals surface area contributed by atoms with E-state index in [0.717, 1.165) is 11.7 Å². The molecule has 2 nitrogen and oxygen atoms in total. The van der Waals surface area contributed by atoms with Crippen LogP contribution in [0.5, 0.6) is 5.75 Å². The second-order valence-electron chi connectivity index (χ2n) is 6.87. The SMILES string of the molecule is CNC1CC(C)CCC1C(C)(C)c1cccc(OC)c1. The Morgan fingerprint density at radius 1 is 1.25 bits per heavy atom. The molecule has 0 radical (unpaired) electrons. The van der Waals surface area contributed by atoms with Crippen LogP contribution in [0.3, 0.4) is 0 Å². The lowest BCUT2D eigenvalue weighted by molar-refractivity contribution is 0.151. The van der Waals surface area contributed by atoms with E-state index in [1.807, 2.05) is 6.07 Å². The first kappa shape index (κ1) is 15.4. The van der Waals surface area contributed by atoms with Crippen molar-refractivity contribution in [3.8, 4) is 5.75 Å². The molecule has 2 heteroatoms. The van der Waals surface area contributed by atoms with Crippen LogP contribution in [0.2, 0.25) is 0 Å². The maximum atomic E-state index is 5.39. The third kappa shape index (κ3) is 3.01. The van der Waals surface area contributed by atoms with Crippen LogP contribution in [0.25, 0.3) is 0 Å². The first-order chi connectivity index (χ1) is 9.48. The number of rotatable bonds is 4. The van der Waals surface area contributed by atoms with E-state index < -0.39 is 0 Å². The van der Waals surface area contributed by atoms with Crippen LogP contribution < -0.4 is 10.1 Å². The van der Waals surface area contributed by atoms with E-state index in [2.05, 4.69) is 51.3 Å². The van der Waals surface area contributed by atoms with Crippen LogP contribution in [0.15, 0.2) is 24.3 Å². The highest BCUT2D eigenvalue weighted by Crippen LogP contribution is 2.42. The summed E-state index contributed by atoms with van der Waals surface area (Å²) in [5.41, 5.74) is 1.55. The highest BCUT2D eigenvalue weighted by atomic mass is 16.5. The molecule has 1 N–H and O–H groups in total. The quantitative estimate of drug-likeness (QED) is 0.897. The van der Waals surface area contributed by atoms with E-state index in [4.69, 9.17) is 4.74 Å². The highest BCUT2D eigenvalue weighted by Gasteiger charge is 2.39. The van der Waals surface area contributed by atoms with Crippen molar-refractivity contribution < 1.29 is 4.74 Å². The Kier molecular flexibility index (Phi) is 4.74. The molecule has 0 aliphatic heterocycles. The maximum absolute atomic E-state index is 5.39. The zero-order valence-corrected chi connectivity index (χ0v) is 13.6. The molecule has 1 aromatic rings. The smallest absolute Gasteiger partial charge is 0.119 e. The molecule has 0 spiro atoms. The fourth-order valence-electron chi connectivity index (χ4n) is 3.80. The molecule has 1 aliphatic rings. The number of benzene rings is 1. The molecular formula is C18H29NO. The normalized spacial score (nSPS) is 27.4. The minimum atomic E-state index is 0.169. The summed E-state index contributed by atoms with van der Waals surface area (Å²) in [6.07, 6.45) is 3.93. The standard InChI is InChI=1S/C18H29NO/c1-13-9-10-16(17(11-13)19-4)18(2,3)14-7-6-8-15(12-14)20-5/h6-8,12-13,16-17,19H,9-11H2,1-5H3. The Morgan fingerprint density at radius 3 is 2.65 bits per heavy atom. The van der Waals surface area contributed by atoms with Crippen LogP contribution in [0.1, 0.15) is 45.6 Å². The largest absolute Gasteiger partial charge is 0.497 e. The lowest BCUT2D eigenvalue weighted by Crippen LogP contribution is -2.47.